The number of carbonyl (C=O) groups is 2. The van der Waals surface area contributed by atoms with Gasteiger partial charge in [0.1, 0.15) is 0 Å². The second kappa shape index (κ2) is 9.34. The maximum atomic E-state index is 13.2. The third-order valence-corrected chi connectivity index (χ3v) is 8.05. The first kappa shape index (κ1) is 21.1. The smallest absolute Gasteiger partial charge is 0.231 e. The molecule has 1 saturated carbocycles. The standard InChI is InChI=1S/C23H40N4O2/c24-21(28)16-25-12-7-20(8-13-25)22(29)27-14-10-23(18-27)9-4-11-26(17-23)15-19-5-2-1-3-6-19/h19-20H,1-18H2,(H2,24,28). The molecule has 0 aromatic rings. The van der Waals surface area contributed by atoms with E-state index in [1.165, 1.54) is 71.0 Å². The second-order valence-corrected chi connectivity index (χ2v) is 10.4. The number of primary amides is 1. The minimum Gasteiger partial charge on any atom is -0.369 e. The fraction of sp³-hybridized carbons (Fsp3) is 0.913. The van der Waals surface area contributed by atoms with Crippen LogP contribution < -0.4 is 5.73 Å². The van der Waals surface area contributed by atoms with Crippen LogP contribution in [-0.4, -0.2) is 78.9 Å². The van der Waals surface area contributed by atoms with E-state index in [4.69, 9.17) is 5.73 Å². The Labute approximate surface area is 176 Å². The summed E-state index contributed by atoms with van der Waals surface area (Å²) in [5.74, 6) is 1.14. The quantitative estimate of drug-likeness (QED) is 0.762. The van der Waals surface area contributed by atoms with Gasteiger partial charge in [-0.05, 0) is 70.5 Å². The van der Waals surface area contributed by atoms with Crippen molar-refractivity contribution in [2.24, 2.45) is 23.0 Å². The van der Waals surface area contributed by atoms with Gasteiger partial charge in [0, 0.05) is 37.5 Å². The number of nitrogens with two attached hydrogens (primary N) is 1. The topological polar surface area (TPSA) is 69.9 Å². The normalized spacial score (nSPS) is 30.8. The molecule has 4 rings (SSSR count). The Morgan fingerprint density at radius 1 is 0.828 bits per heavy atom. The van der Waals surface area contributed by atoms with Crippen LogP contribution in [0.3, 0.4) is 0 Å². The molecular formula is C23H40N4O2. The van der Waals surface area contributed by atoms with Gasteiger partial charge in [-0.3, -0.25) is 14.5 Å². The molecule has 1 spiro atoms. The largest absolute Gasteiger partial charge is 0.369 e. The lowest BCUT2D eigenvalue weighted by Crippen LogP contribution is -2.48. The fourth-order valence-electron chi connectivity index (χ4n) is 6.47. The first-order valence-corrected chi connectivity index (χ1v) is 12.0. The van der Waals surface area contributed by atoms with Crippen LogP contribution in [0.5, 0.6) is 0 Å². The van der Waals surface area contributed by atoms with Gasteiger partial charge in [-0.25, -0.2) is 0 Å². The highest BCUT2D eigenvalue weighted by molar-refractivity contribution is 5.79. The lowest BCUT2D eigenvalue weighted by Gasteiger charge is -2.42. The average Bonchev–Trinajstić information content (AvgIpc) is 3.11. The molecule has 0 bridgehead atoms. The number of amides is 2. The fourth-order valence-corrected chi connectivity index (χ4v) is 6.47. The molecule has 3 heterocycles. The van der Waals surface area contributed by atoms with Crippen molar-refractivity contribution in [1.82, 2.24) is 14.7 Å². The van der Waals surface area contributed by atoms with Crippen molar-refractivity contribution in [3.63, 3.8) is 0 Å². The zero-order valence-corrected chi connectivity index (χ0v) is 18.1. The van der Waals surface area contributed by atoms with Crippen LogP contribution in [0.1, 0.15) is 64.2 Å². The molecule has 0 radical (unpaired) electrons. The lowest BCUT2D eigenvalue weighted by molar-refractivity contribution is -0.136. The number of nitrogens with zero attached hydrogens (tertiary/aromatic N) is 3. The summed E-state index contributed by atoms with van der Waals surface area (Å²) in [6, 6.07) is 0. The highest BCUT2D eigenvalue weighted by Gasteiger charge is 2.44. The number of carbonyl (C=O) groups excluding carboxylic acids is 2. The van der Waals surface area contributed by atoms with E-state index in [2.05, 4.69) is 14.7 Å². The van der Waals surface area contributed by atoms with E-state index in [0.717, 1.165) is 44.9 Å². The van der Waals surface area contributed by atoms with Crippen molar-refractivity contribution in [2.45, 2.75) is 64.2 Å². The van der Waals surface area contributed by atoms with Gasteiger partial charge in [-0.2, -0.15) is 0 Å². The summed E-state index contributed by atoms with van der Waals surface area (Å²) in [5, 5.41) is 0. The molecule has 0 aromatic heterocycles. The van der Waals surface area contributed by atoms with Crippen LogP contribution in [0, 0.1) is 17.3 Å². The highest BCUT2D eigenvalue weighted by Crippen LogP contribution is 2.40. The van der Waals surface area contributed by atoms with Gasteiger partial charge >= 0.3 is 0 Å². The van der Waals surface area contributed by atoms with E-state index >= 15 is 0 Å². The first-order valence-electron chi connectivity index (χ1n) is 12.0. The van der Waals surface area contributed by atoms with Crippen LogP contribution in [0.25, 0.3) is 0 Å². The van der Waals surface area contributed by atoms with Crippen molar-refractivity contribution < 1.29 is 9.59 Å². The van der Waals surface area contributed by atoms with E-state index < -0.39 is 0 Å². The molecule has 4 aliphatic rings. The molecule has 3 saturated heterocycles. The monoisotopic (exact) mass is 404 g/mol. The highest BCUT2D eigenvalue weighted by atomic mass is 16.2. The predicted molar refractivity (Wildman–Crippen MR) is 114 cm³/mol. The van der Waals surface area contributed by atoms with Crippen LogP contribution in [0.15, 0.2) is 0 Å². The van der Waals surface area contributed by atoms with E-state index in [1.54, 1.807) is 0 Å². The Bertz CT molecular complexity index is 583. The van der Waals surface area contributed by atoms with E-state index in [9.17, 15) is 9.59 Å². The molecule has 4 fully saturated rings. The molecular weight excluding hydrogens is 364 g/mol. The summed E-state index contributed by atoms with van der Waals surface area (Å²) in [7, 11) is 0. The molecule has 6 nitrogen and oxygen atoms in total. The SMILES string of the molecule is NC(=O)CN1CCC(C(=O)N2CCC3(CCCN(CC4CCCCC4)C3)C2)CC1. The Morgan fingerprint density at radius 3 is 2.31 bits per heavy atom. The molecule has 3 aliphatic heterocycles. The van der Waals surface area contributed by atoms with Gasteiger partial charge < -0.3 is 15.5 Å². The summed E-state index contributed by atoms with van der Waals surface area (Å²) >= 11 is 0. The van der Waals surface area contributed by atoms with Gasteiger partial charge in [0.2, 0.25) is 11.8 Å². The maximum absolute atomic E-state index is 13.2. The van der Waals surface area contributed by atoms with Crippen LogP contribution in [0.4, 0.5) is 0 Å². The minimum absolute atomic E-state index is 0.135. The summed E-state index contributed by atoms with van der Waals surface area (Å²) in [6.07, 6.45) is 12.6. The van der Waals surface area contributed by atoms with Gasteiger partial charge in [0.05, 0.1) is 6.54 Å². The van der Waals surface area contributed by atoms with Crippen LogP contribution in [-0.2, 0) is 9.59 Å². The first-order chi connectivity index (χ1) is 14.0. The van der Waals surface area contributed by atoms with Gasteiger partial charge in [0.15, 0.2) is 0 Å². The Hall–Kier alpha value is -1.14. The number of piperidine rings is 2. The number of likely N-dealkylation sites (tertiary alicyclic amines) is 3. The van der Waals surface area contributed by atoms with Crippen molar-refractivity contribution in [2.75, 3.05) is 52.4 Å². The number of hydrogen-bond donors (Lipinski definition) is 1. The maximum Gasteiger partial charge on any atom is 0.231 e. The number of rotatable bonds is 5. The van der Waals surface area contributed by atoms with E-state index in [-0.39, 0.29) is 11.8 Å². The Kier molecular flexibility index (Phi) is 6.80. The summed E-state index contributed by atoms with van der Waals surface area (Å²) in [6.45, 7) is 7.60. The van der Waals surface area contributed by atoms with E-state index in [0.29, 0.717) is 17.9 Å². The minimum atomic E-state index is -0.272. The molecule has 0 aromatic carbocycles. The van der Waals surface area contributed by atoms with Crippen LogP contribution >= 0.6 is 0 Å². The van der Waals surface area contributed by atoms with E-state index in [1.807, 2.05) is 0 Å². The molecule has 1 atom stereocenters. The molecule has 164 valence electrons. The lowest BCUT2D eigenvalue weighted by atomic mass is 9.78. The van der Waals surface area contributed by atoms with Crippen molar-refractivity contribution in [3.05, 3.63) is 0 Å². The van der Waals surface area contributed by atoms with Gasteiger partial charge in [-0.1, -0.05) is 19.3 Å². The second-order valence-electron chi connectivity index (χ2n) is 10.4. The van der Waals surface area contributed by atoms with Crippen molar-refractivity contribution in [3.8, 4) is 0 Å². The number of hydrogen-bond acceptors (Lipinski definition) is 4. The Morgan fingerprint density at radius 2 is 1.59 bits per heavy atom. The van der Waals surface area contributed by atoms with Gasteiger partial charge in [0.25, 0.3) is 0 Å². The Balaban J connectivity index is 1.26. The molecule has 2 N–H and O–H groups in total. The summed E-state index contributed by atoms with van der Waals surface area (Å²) < 4.78 is 0. The molecule has 2 amide bonds. The van der Waals surface area contributed by atoms with Crippen molar-refractivity contribution in [1.29, 1.82) is 0 Å². The third-order valence-electron chi connectivity index (χ3n) is 8.05. The van der Waals surface area contributed by atoms with Gasteiger partial charge in [-0.15, -0.1) is 0 Å². The average molecular weight is 405 g/mol. The third kappa shape index (κ3) is 5.32. The zero-order chi connectivity index (χ0) is 20.3. The summed E-state index contributed by atoms with van der Waals surface area (Å²) in [4.78, 5) is 31.3. The molecule has 1 aliphatic carbocycles. The van der Waals surface area contributed by atoms with Crippen molar-refractivity contribution >= 4 is 11.8 Å². The van der Waals surface area contributed by atoms with Crippen LogP contribution in [0.2, 0.25) is 0 Å². The molecule has 29 heavy (non-hydrogen) atoms. The molecule has 6 heteroatoms. The zero-order valence-electron chi connectivity index (χ0n) is 18.1. The molecule has 1 unspecified atom stereocenters. The summed E-state index contributed by atoms with van der Waals surface area (Å²) in [5.41, 5.74) is 5.65. The predicted octanol–water partition coefficient (Wildman–Crippen LogP) is 2.08.